The molecule has 1 aromatic carbocycles. The van der Waals surface area contributed by atoms with E-state index in [1.54, 1.807) is 25.3 Å². The first-order chi connectivity index (χ1) is 12.3. The van der Waals surface area contributed by atoms with Gasteiger partial charge in [0.25, 0.3) is 5.91 Å². The van der Waals surface area contributed by atoms with Gasteiger partial charge in [-0.3, -0.25) is 14.5 Å². The maximum Gasteiger partial charge on any atom is 0.325 e. The van der Waals surface area contributed by atoms with Gasteiger partial charge in [-0.05, 0) is 42.9 Å². The van der Waals surface area contributed by atoms with Gasteiger partial charge in [0.15, 0.2) is 16.6 Å². The van der Waals surface area contributed by atoms with E-state index in [1.807, 2.05) is 6.92 Å². The summed E-state index contributed by atoms with van der Waals surface area (Å²) in [5.74, 6) is 0.312. The Morgan fingerprint density at radius 1 is 1.31 bits per heavy atom. The molecule has 0 bridgehead atoms. The van der Waals surface area contributed by atoms with Crippen LogP contribution in [0.5, 0.6) is 11.5 Å². The molecule has 0 saturated carbocycles. The number of ether oxygens (including phenoxy) is 3. The fourth-order valence-corrected chi connectivity index (χ4v) is 3.06. The average molecular weight is 443 g/mol. The van der Waals surface area contributed by atoms with E-state index in [0.717, 1.165) is 0 Å². The van der Waals surface area contributed by atoms with E-state index in [9.17, 15) is 9.59 Å². The lowest BCUT2D eigenvalue weighted by molar-refractivity contribution is -0.140. The van der Waals surface area contributed by atoms with Crippen LogP contribution in [-0.4, -0.2) is 61.2 Å². The number of carbonyl (C=O) groups is 2. The molecular weight excluding hydrogens is 424 g/mol. The van der Waals surface area contributed by atoms with Crippen molar-refractivity contribution in [2.45, 2.75) is 6.92 Å². The number of esters is 1. The molecule has 1 aliphatic rings. The molecule has 1 amide bonds. The van der Waals surface area contributed by atoms with E-state index >= 15 is 0 Å². The van der Waals surface area contributed by atoms with Gasteiger partial charge in [0.05, 0.1) is 20.8 Å². The molecule has 140 valence electrons. The molecule has 0 unspecified atom stereocenters. The van der Waals surface area contributed by atoms with Gasteiger partial charge in [-0.1, -0.05) is 15.9 Å². The Kier molecular flexibility index (Phi) is 6.60. The molecule has 7 nitrogen and oxygen atoms in total. The van der Waals surface area contributed by atoms with Crippen molar-refractivity contribution in [3.05, 3.63) is 27.9 Å². The predicted molar refractivity (Wildman–Crippen MR) is 104 cm³/mol. The predicted octanol–water partition coefficient (Wildman–Crippen LogP) is 2.43. The molecule has 0 aliphatic carbocycles. The summed E-state index contributed by atoms with van der Waals surface area (Å²) in [5, 5.41) is 0.237. The van der Waals surface area contributed by atoms with Gasteiger partial charge in [-0.25, -0.2) is 0 Å². The number of nitrogens with zero attached hydrogens (tertiary/aromatic N) is 2. The second kappa shape index (κ2) is 8.50. The molecule has 0 atom stereocenters. The maximum absolute atomic E-state index is 12.5. The molecule has 0 aromatic heterocycles. The van der Waals surface area contributed by atoms with E-state index < -0.39 is 5.97 Å². The summed E-state index contributed by atoms with van der Waals surface area (Å²) in [7, 11) is 4.38. The van der Waals surface area contributed by atoms with Crippen LogP contribution in [0.2, 0.25) is 0 Å². The normalized spacial score (nSPS) is 15.7. The molecule has 1 heterocycles. The standard InChI is InChI=1S/C17H19BrN2O5S/c1-5-25-14-8-11(18)10(7-13(14)23-3)6-12-16(22)19(2)17(26)20(12)9-15(21)24-4/h6-8H,5,9H2,1-4H3/b12-6+. The quantitative estimate of drug-likeness (QED) is 0.380. The molecule has 9 heteroatoms. The van der Waals surface area contributed by atoms with Crippen molar-refractivity contribution in [2.75, 3.05) is 34.4 Å². The highest BCUT2D eigenvalue weighted by Crippen LogP contribution is 2.35. The van der Waals surface area contributed by atoms with E-state index in [1.165, 1.54) is 24.0 Å². The highest BCUT2D eigenvalue weighted by atomic mass is 79.9. The molecule has 2 rings (SSSR count). The van der Waals surface area contributed by atoms with Crippen molar-refractivity contribution in [1.29, 1.82) is 0 Å². The summed E-state index contributed by atoms with van der Waals surface area (Å²) in [6.07, 6.45) is 1.64. The lowest BCUT2D eigenvalue weighted by atomic mass is 10.1. The minimum atomic E-state index is -0.496. The van der Waals surface area contributed by atoms with Crippen LogP contribution in [0.15, 0.2) is 22.3 Å². The van der Waals surface area contributed by atoms with Crippen LogP contribution in [0.3, 0.4) is 0 Å². The highest BCUT2D eigenvalue weighted by Gasteiger charge is 2.36. The summed E-state index contributed by atoms with van der Waals surface area (Å²) in [5.41, 5.74) is 0.955. The molecule has 1 saturated heterocycles. The summed E-state index contributed by atoms with van der Waals surface area (Å²) in [6.45, 7) is 2.22. The number of methoxy groups -OCH3 is 2. The Bertz CT molecular complexity index is 781. The highest BCUT2D eigenvalue weighted by molar-refractivity contribution is 9.10. The van der Waals surface area contributed by atoms with Crippen LogP contribution in [0, 0.1) is 0 Å². The molecule has 1 aromatic rings. The number of likely N-dealkylation sites (N-methyl/N-ethyl adjacent to an activating group) is 1. The van der Waals surface area contributed by atoms with Crippen LogP contribution in [0.4, 0.5) is 0 Å². The molecular formula is C17H19BrN2O5S. The molecule has 0 spiro atoms. The van der Waals surface area contributed by atoms with Crippen molar-refractivity contribution in [2.24, 2.45) is 0 Å². The van der Waals surface area contributed by atoms with Gasteiger partial charge in [0.2, 0.25) is 0 Å². The lowest BCUT2D eigenvalue weighted by Gasteiger charge is -2.17. The number of hydrogen-bond acceptors (Lipinski definition) is 6. The van der Waals surface area contributed by atoms with Crippen LogP contribution in [-0.2, 0) is 14.3 Å². The van der Waals surface area contributed by atoms with E-state index in [4.69, 9.17) is 21.7 Å². The first-order valence-electron chi connectivity index (χ1n) is 7.72. The molecule has 0 N–H and O–H groups in total. The Hall–Kier alpha value is -2.13. The molecule has 1 fully saturated rings. The van der Waals surface area contributed by atoms with Gasteiger partial charge in [0.1, 0.15) is 12.2 Å². The third-order valence-electron chi connectivity index (χ3n) is 3.72. The zero-order valence-electron chi connectivity index (χ0n) is 14.9. The maximum atomic E-state index is 12.5. The van der Waals surface area contributed by atoms with Crippen molar-refractivity contribution in [3.63, 3.8) is 0 Å². The summed E-state index contributed by atoms with van der Waals surface area (Å²) in [6, 6.07) is 3.51. The number of thiocarbonyl (C=S) groups is 1. The monoisotopic (exact) mass is 442 g/mol. The van der Waals surface area contributed by atoms with Gasteiger partial charge in [0, 0.05) is 11.5 Å². The lowest BCUT2D eigenvalue weighted by Crippen LogP contribution is -2.33. The third-order valence-corrected chi connectivity index (χ3v) is 4.90. The minimum absolute atomic E-state index is 0.150. The Morgan fingerprint density at radius 3 is 2.58 bits per heavy atom. The van der Waals surface area contributed by atoms with Gasteiger partial charge in [-0.15, -0.1) is 0 Å². The third kappa shape index (κ3) is 3.99. The number of carbonyl (C=O) groups excluding carboxylic acids is 2. The van der Waals surface area contributed by atoms with E-state index in [2.05, 4.69) is 20.7 Å². The number of rotatable bonds is 6. The van der Waals surface area contributed by atoms with Crippen molar-refractivity contribution >= 4 is 51.2 Å². The Balaban J connectivity index is 2.49. The molecule has 26 heavy (non-hydrogen) atoms. The summed E-state index contributed by atoms with van der Waals surface area (Å²) < 4.78 is 16.3. The van der Waals surface area contributed by atoms with Crippen LogP contribution in [0.1, 0.15) is 12.5 Å². The average Bonchev–Trinajstić information content (AvgIpc) is 2.81. The van der Waals surface area contributed by atoms with E-state index in [0.29, 0.717) is 28.1 Å². The van der Waals surface area contributed by atoms with Crippen molar-refractivity contribution in [3.8, 4) is 11.5 Å². The van der Waals surface area contributed by atoms with Crippen LogP contribution >= 0.6 is 28.1 Å². The van der Waals surface area contributed by atoms with Gasteiger partial charge >= 0.3 is 5.97 Å². The summed E-state index contributed by atoms with van der Waals surface area (Å²) >= 11 is 8.74. The number of amides is 1. The fraction of sp³-hybridized carbons (Fsp3) is 0.353. The van der Waals surface area contributed by atoms with Crippen molar-refractivity contribution in [1.82, 2.24) is 9.80 Å². The van der Waals surface area contributed by atoms with E-state index in [-0.39, 0.29) is 23.3 Å². The number of benzene rings is 1. The minimum Gasteiger partial charge on any atom is -0.493 e. The second-order valence-electron chi connectivity index (χ2n) is 5.30. The van der Waals surface area contributed by atoms with Crippen molar-refractivity contribution < 1.29 is 23.8 Å². The molecule has 0 radical (unpaired) electrons. The SMILES string of the molecule is CCOc1cc(Br)c(/C=C2\C(=O)N(C)C(=S)N2CC(=O)OC)cc1OC. The first kappa shape index (κ1) is 20.2. The Morgan fingerprint density at radius 2 is 2.00 bits per heavy atom. The number of hydrogen-bond donors (Lipinski definition) is 0. The zero-order chi connectivity index (χ0) is 19.4. The van der Waals surface area contributed by atoms with Crippen LogP contribution < -0.4 is 9.47 Å². The Labute approximate surface area is 165 Å². The fourth-order valence-electron chi connectivity index (χ4n) is 2.38. The largest absolute Gasteiger partial charge is 0.493 e. The van der Waals surface area contributed by atoms with Gasteiger partial charge < -0.3 is 19.1 Å². The second-order valence-corrected chi connectivity index (χ2v) is 6.52. The topological polar surface area (TPSA) is 68.3 Å². The zero-order valence-corrected chi connectivity index (χ0v) is 17.3. The summed E-state index contributed by atoms with van der Waals surface area (Å²) in [4.78, 5) is 27.0. The smallest absolute Gasteiger partial charge is 0.325 e. The first-order valence-corrected chi connectivity index (χ1v) is 8.92. The van der Waals surface area contributed by atoms with Gasteiger partial charge in [-0.2, -0.15) is 0 Å². The number of halogens is 1. The van der Waals surface area contributed by atoms with Crippen LogP contribution in [0.25, 0.3) is 6.08 Å². The molecule has 1 aliphatic heterocycles.